The summed E-state index contributed by atoms with van der Waals surface area (Å²) >= 11 is 0. The van der Waals surface area contributed by atoms with Gasteiger partial charge >= 0.3 is 6.09 Å². The first-order valence-corrected chi connectivity index (χ1v) is 10.3. The van der Waals surface area contributed by atoms with E-state index in [1.54, 1.807) is 35.4 Å². The molecule has 0 atom stereocenters. The summed E-state index contributed by atoms with van der Waals surface area (Å²) in [6.45, 7) is 0. The zero-order chi connectivity index (χ0) is 25.7. The van der Waals surface area contributed by atoms with E-state index in [4.69, 9.17) is 20.3 Å². The second kappa shape index (κ2) is 10.3. The van der Waals surface area contributed by atoms with E-state index >= 15 is 0 Å². The first kappa shape index (κ1) is 23.8. The van der Waals surface area contributed by atoms with Gasteiger partial charge in [0.2, 0.25) is 0 Å². The molecule has 0 saturated carbocycles. The molecule has 180 valence electrons. The number of fused-ring (bicyclic) bond motifs is 1. The van der Waals surface area contributed by atoms with Crippen LogP contribution in [0.3, 0.4) is 0 Å². The quantitative estimate of drug-likeness (QED) is 0.325. The number of benzene rings is 2. The SMILES string of the molecule is Cn1cnc(-c2cc(Oc3ccc(NC(=O)Oc4ccc(F)cc4)cc3F)c3ccnn3c2)c1.N#N. The molecule has 5 rings (SSSR count). The number of halogens is 2. The molecule has 3 aromatic heterocycles. The van der Waals surface area contributed by atoms with Crippen LogP contribution in [0.4, 0.5) is 19.3 Å². The molecule has 0 aliphatic rings. The monoisotopic (exact) mass is 489 g/mol. The number of anilines is 1. The predicted molar refractivity (Wildman–Crippen MR) is 123 cm³/mol. The Labute approximate surface area is 202 Å². The molecule has 10 nitrogen and oxygen atoms in total. The normalized spacial score (nSPS) is 10.4. The number of imidazole rings is 1. The number of ether oxygens (including phenoxy) is 2. The summed E-state index contributed by atoms with van der Waals surface area (Å²) in [5.74, 6) is -0.656. The van der Waals surface area contributed by atoms with Crippen LogP contribution in [0.15, 0.2) is 79.5 Å². The minimum Gasteiger partial charge on any atom is -0.452 e. The molecule has 12 heteroatoms. The maximum atomic E-state index is 14.8. The number of hydrogen-bond acceptors (Lipinski definition) is 7. The van der Waals surface area contributed by atoms with Gasteiger partial charge < -0.3 is 14.0 Å². The van der Waals surface area contributed by atoms with E-state index in [2.05, 4.69) is 15.4 Å². The average Bonchev–Trinajstić information content (AvgIpc) is 3.52. The van der Waals surface area contributed by atoms with Crippen molar-refractivity contribution in [3.63, 3.8) is 0 Å². The van der Waals surface area contributed by atoms with Gasteiger partial charge in [0.1, 0.15) is 17.1 Å². The fraction of sp³-hybridized carbons (Fsp3) is 0.0417. The third-order valence-corrected chi connectivity index (χ3v) is 4.89. The molecule has 5 aromatic rings. The van der Waals surface area contributed by atoms with E-state index < -0.39 is 17.7 Å². The minimum atomic E-state index is -0.844. The van der Waals surface area contributed by atoms with E-state index in [0.717, 1.165) is 23.8 Å². The summed E-state index contributed by atoms with van der Waals surface area (Å²) in [5.41, 5.74) is 2.26. The van der Waals surface area contributed by atoms with Crippen LogP contribution < -0.4 is 14.8 Å². The van der Waals surface area contributed by atoms with Gasteiger partial charge in [0.05, 0.1) is 18.2 Å². The molecule has 0 spiro atoms. The van der Waals surface area contributed by atoms with Crippen molar-refractivity contribution in [2.45, 2.75) is 0 Å². The fourth-order valence-electron chi connectivity index (χ4n) is 3.31. The Morgan fingerprint density at radius 2 is 1.78 bits per heavy atom. The van der Waals surface area contributed by atoms with Crippen molar-refractivity contribution in [1.82, 2.24) is 19.2 Å². The van der Waals surface area contributed by atoms with Crippen LogP contribution in [-0.2, 0) is 7.05 Å². The van der Waals surface area contributed by atoms with Crippen molar-refractivity contribution in [2.75, 3.05) is 5.32 Å². The number of amides is 1. The first-order chi connectivity index (χ1) is 17.4. The number of carbonyl (C=O) groups is 1. The van der Waals surface area contributed by atoms with E-state index in [9.17, 15) is 13.6 Å². The summed E-state index contributed by atoms with van der Waals surface area (Å²) in [5, 5.41) is 18.7. The van der Waals surface area contributed by atoms with Gasteiger partial charge in [-0.05, 0) is 48.5 Å². The molecule has 0 bridgehead atoms. The van der Waals surface area contributed by atoms with Gasteiger partial charge in [0, 0.05) is 47.5 Å². The Balaban J connectivity index is 0.00000148. The van der Waals surface area contributed by atoms with Crippen LogP contribution in [0.2, 0.25) is 0 Å². The van der Waals surface area contributed by atoms with Gasteiger partial charge in [0.15, 0.2) is 17.3 Å². The Bertz CT molecular complexity index is 1540. The first-order valence-electron chi connectivity index (χ1n) is 10.3. The molecule has 36 heavy (non-hydrogen) atoms. The molecule has 2 aromatic carbocycles. The number of hydrogen-bond donors (Lipinski definition) is 1. The molecule has 0 aliphatic heterocycles. The van der Waals surface area contributed by atoms with Gasteiger partial charge in [-0.25, -0.2) is 23.1 Å². The summed E-state index contributed by atoms with van der Waals surface area (Å²) < 4.78 is 42.1. The number of nitrogens with zero attached hydrogens (tertiary/aromatic N) is 6. The van der Waals surface area contributed by atoms with Crippen molar-refractivity contribution in [1.29, 1.82) is 10.8 Å². The summed E-state index contributed by atoms with van der Waals surface area (Å²) in [4.78, 5) is 16.4. The number of pyridine rings is 1. The highest BCUT2D eigenvalue weighted by Gasteiger charge is 2.14. The third-order valence-electron chi connectivity index (χ3n) is 4.89. The molecular weight excluding hydrogens is 472 g/mol. The fourth-order valence-corrected chi connectivity index (χ4v) is 3.31. The topological polar surface area (TPSA) is 130 Å². The minimum absolute atomic E-state index is 0.0428. The number of rotatable bonds is 5. The second-order valence-corrected chi connectivity index (χ2v) is 7.39. The largest absolute Gasteiger partial charge is 0.452 e. The van der Waals surface area contributed by atoms with Crippen LogP contribution in [0.1, 0.15) is 0 Å². The zero-order valence-corrected chi connectivity index (χ0v) is 18.7. The molecule has 0 fully saturated rings. The molecule has 1 amide bonds. The lowest BCUT2D eigenvalue weighted by atomic mass is 10.2. The van der Waals surface area contributed by atoms with Crippen LogP contribution in [0.25, 0.3) is 16.8 Å². The van der Waals surface area contributed by atoms with Crippen molar-refractivity contribution in [3.8, 4) is 28.5 Å². The third kappa shape index (κ3) is 5.26. The van der Waals surface area contributed by atoms with E-state index in [0.29, 0.717) is 17.0 Å². The zero-order valence-electron chi connectivity index (χ0n) is 18.7. The Morgan fingerprint density at radius 3 is 2.47 bits per heavy atom. The van der Waals surface area contributed by atoms with Crippen LogP contribution >= 0.6 is 0 Å². The Kier molecular flexibility index (Phi) is 6.83. The van der Waals surface area contributed by atoms with E-state index in [-0.39, 0.29) is 17.2 Å². The van der Waals surface area contributed by atoms with Crippen molar-refractivity contribution < 1.29 is 23.0 Å². The summed E-state index contributed by atoms with van der Waals surface area (Å²) in [7, 11) is 1.86. The van der Waals surface area contributed by atoms with E-state index in [1.807, 2.05) is 17.8 Å². The molecule has 3 heterocycles. The van der Waals surface area contributed by atoms with Gasteiger partial charge in [-0.1, -0.05) is 0 Å². The highest BCUT2D eigenvalue weighted by Crippen LogP contribution is 2.33. The maximum absolute atomic E-state index is 14.8. The second-order valence-electron chi connectivity index (χ2n) is 7.39. The van der Waals surface area contributed by atoms with Gasteiger partial charge in [-0.15, -0.1) is 0 Å². The predicted octanol–water partition coefficient (Wildman–Crippen LogP) is 5.45. The lowest BCUT2D eigenvalue weighted by molar-refractivity contribution is 0.215. The van der Waals surface area contributed by atoms with Crippen molar-refractivity contribution in [3.05, 3.63) is 91.1 Å². The van der Waals surface area contributed by atoms with Gasteiger partial charge in [0.25, 0.3) is 0 Å². The molecule has 0 saturated heterocycles. The van der Waals surface area contributed by atoms with Gasteiger partial charge in [-0.3, -0.25) is 5.32 Å². The maximum Gasteiger partial charge on any atom is 0.417 e. The molecular formula is C24H17F2N7O3. The molecule has 0 aliphatic carbocycles. The molecule has 0 unspecified atom stereocenters. The Hall–Kier alpha value is -5.31. The van der Waals surface area contributed by atoms with Crippen molar-refractivity contribution in [2.24, 2.45) is 7.05 Å². The van der Waals surface area contributed by atoms with Crippen LogP contribution in [-0.4, -0.2) is 25.3 Å². The van der Waals surface area contributed by atoms with E-state index in [1.165, 1.54) is 24.3 Å². The van der Waals surface area contributed by atoms with Crippen LogP contribution in [0, 0.1) is 22.4 Å². The van der Waals surface area contributed by atoms with Crippen LogP contribution in [0.5, 0.6) is 17.2 Å². The number of aromatic nitrogens is 4. The molecule has 1 N–H and O–H groups in total. The lowest BCUT2D eigenvalue weighted by Gasteiger charge is -2.12. The van der Waals surface area contributed by atoms with Crippen molar-refractivity contribution >= 4 is 17.3 Å². The number of aryl methyl sites for hydroxylation is 1. The smallest absolute Gasteiger partial charge is 0.417 e. The highest BCUT2D eigenvalue weighted by molar-refractivity contribution is 5.86. The standard InChI is InChI=1S/C24H17F2N5O3.N2/c1-30-13-20(27-14-30)15-10-23(21-8-9-28-31(21)12-15)34-22-7-4-17(11-19(22)26)29-24(32)33-18-5-2-16(25)3-6-18;1-2/h2-14H,1H3,(H,29,32);. The molecule has 0 radical (unpaired) electrons. The average molecular weight is 489 g/mol. The highest BCUT2D eigenvalue weighted by atomic mass is 19.1. The summed E-state index contributed by atoms with van der Waals surface area (Å²) in [6, 6.07) is 12.4. The number of nitrogens with one attached hydrogen (secondary N) is 1. The number of carbonyl (C=O) groups excluding carboxylic acids is 1. The summed E-state index contributed by atoms with van der Waals surface area (Å²) in [6.07, 6.45) is 6.10. The van der Waals surface area contributed by atoms with Gasteiger partial charge in [-0.2, -0.15) is 5.10 Å². The lowest BCUT2D eigenvalue weighted by Crippen LogP contribution is -2.16. The Morgan fingerprint density at radius 1 is 1.00 bits per heavy atom.